The van der Waals surface area contributed by atoms with Crippen molar-refractivity contribution in [1.82, 2.24) is 4.73 Å². The highest BCUT2D eigenvalue weighted by molar-refractivity contribution is 5.90. The molecule has 5 nitrogen and oxygen atoms in total. The van der Waals surface area contributed by atoms with Crippen LogP contribution in [0.4, 0.5) is 0 Å². The number of rotatable bonds is 3. The summed E-state index contributed by atoms with van der Waals surface area (Å²) in [5.41, 5.74) is 2.11. The fourth-order valence-corrected chi connectivity index (χ4v) is 2.09. The molecule has 2 aromatic rings. The van der Waals surface area contributed by atoms with Crippen molar-refractivity contribution in [3.05, 3.63) is 23.4 Å². The molecule has 0 saturated carbocycles. The lowest BCUT2D eigenvalue weighted by Crippen LogP contribution is -2.07. The summed E-state index contributed by atoms with van der Waals surface area (Å²) in [5, 5.41) is 10.0. The molecule has 0 fully saturated rings. The molecular formula is C13H14N2O3. The van der Waals surface area contributed by atoms with Crippen molar-refractivity contribution >= 4 is 10.9 Å². The molecule has 1 heterocycles. The van der Waals surface area contributed by atoms with Gasteiger partial charge in [-0.1, -0.05) is 0 Å². The number of methoxy groups -OCH3 is 2. The minimum Gasteiger partial charge on any atom is -0.493 e. The number of hydrogen-bond acceptors (Lipinski definition) is 4. The topological polar surface area (TPSA) is 56.4 Å². The summed E-state index contributed by atoms with van der Waals surface area (Å²) in [6, 6.07) is 5.77. The Bertz CT molecular complexity index is 638. The van der Waals surface area contributed by atoms with Crippen molar-refractivity contribution < 1.29 is 14.3 Å². The molecule has 18 heavy (non-hydrogen) atoms. The first kappa shape index (κ1) is 12.1. The maximum atomic E-state index is 9.22. The molecule has 0 aliphatic rings. The summed E-state index contributed by atoms with van der Waals surface area (Å²) in [7, 11) is 4.70. The number of ether oxygens (including phenoxy) is 2. The second kappa shape index (κ2) is 4.49. The third-order valence-electron chi connectivity index (χ3n) is 2.95. The van der Waals surface area contributed by atoms with Crippen LogP contribution in [0.25, 0.3) is 10.9 Å². The van der Waals surface area contributed by atoms with Crippen LogP contribution in [0.2, 0.25) is 0 Å². The van der Waals surface area contributed by atoms with Crippen LogP contribution in [0.3, 0.4) is 0 Å². The molecule has 0 atom stereocenters. The van der Waals surface area contributed by atoms with Crippen LogP contribution in [0.1, 0.15) is 11.3 Å². The highest BCUT2D eigenvalue weighted by Crippen LogP contribution is 2.35. The molecular weight excluding hydrogens is 232 g/mol. The van der Waals surface area contributed by atoms with E-state index in [0.29, 0.717) is 17.1 Å². The largest absolute Gasteiger partial charge is 0.493 e. The second-order valence-electron chi connectivity index (χ2n) is 3.77. The van der Waals surface area contributed by atoms with Gasteiger partial charge < -0.3 is 14.3 Å². The van der Waals surface area contributed by atoms with E-state index in [2.05, 4.69) is 6.07 Å². The molecule has 0 N–H and O–H groups in total. The van der Waals surface area contributed by atoms with E-state index in [9.17, 15) is 5.26 Å². The van der Waals surface area contributed by atoms with E-state index in [1.54, 1.807) is 38.2 Å². The van der Waals surface area contributed by atoms with Gasteiger partial charge in [-0.3, -0.25) is 0 Å². The Morgan fingerprint density at radius 2 is 1.72 bits per heavy atom. The van der Waals surface area contributed by atoms with Crippen LogP contribution in [0.15, 0.2) is 12.1 Å². The van der Waals surface area contributed by atoms with Gasteiger partial charge in [0.05, 0.1) is 31.0 Å². The molecule has 0 amide bonds. The number of benzene rings is 1. The van der Waals surface area contributed by atoms with Gasteiger partial charge in [0, 0.05) is 11.5 Å². The van der Waals surface area contributed by atoms with Crippen molar-refractivity contribution in [2.45, 2.75) is 6.92 Å². The van der Waals surface area contributed by atoms with Gasteiger partial charge in [0.1, 0.15) is 13.2 Å². The fraction of sp³-hybridized carbons (Fsp3) is 0.308. The third kappa shape index (κ3) is 1.54. The van der Waals surface area contributed by atoms with E-state index in [1.807, 2.05) is 6.92 Å². The van der Waals surface area contributed by atoms with E-state index >= 15 is 0 Å². The zero-order valence-electron chi connectivity index (χ0n) is 10.8. The van der Waals surface area contributed by atoms with Crippen molar-refractivity contribution in [3.63, 3.8) is 0 Å². The van der Waals surface area contributed by atoms with Crippen molar-refractivity contribution in [2.24, 2.45) is 0 Å². The van der Waals surface area contributed by atoms with E-state index in [-0.39, 0.29) is 0 Å². The van der Waals surface area contributed by atoms with Gasteiger partial charge in [0.15, 0.2) is 11.5 Å². The molecule has 0 unspecified atom stereocenters. The SMILES string of the molecule is COc1cc2c(C#N)c(C)n(OC)c2cc1OC. The first-order valence-electron chi connectivity index (χ1n) is 5.39. The fourth-order valence-electron chi connectivity index (χ4n) is 2.09. The van der Waals surface area contributed by atoms with Crippen molar-refractivity contribution in [3.8, 4) is 17.6 Å². The van der Waals surface area contributed by atoms with Crippen molar-refractivity contribution in [2.75, 3.05) is 21.3 Å². The monoisotopic (exact) mass is 246 g/mol. The quantitative estimate of drug-likeness (QED) is 0.830. The second-order valence-corrected chi connectivity index (χ2v) is 3.77. The Kier molecular flexibility index (Phi) is 3.02. The molecule has 1 aromatic heterocycles. The number of fused-ring (bicyclic) bond motifs is 1. The van der Waals surface area contributed by atoms with Gasteiger partial charge in [-0.05, 0) is 13.0 Å². The van der Waals surface area contributed by atoms with Gasteiger partial charge in [-0.15, -0.1) is 0 Å². The average Bonchev–Trinajstić information content (AvgIpc) is 2.66. The van der Waals surface area contributed by atoms with Gasteiger partial charge in [0.25, 0.3) is 0 Å². The summed E-state index contributed by atoms with van der Waals surface area (Å²) >= 11 is 0. The first-order chi connectivity index (χ1) is 8.67. The molecule has 0 aliphatic heterocycles. The van der Waals surface area contributed by atoms with Crippen LogP contribution < -0.4 is 14.3 Å². The Hall–Kier alpha value is -2.35. The minimum absolute atomic E-state index is 0.577. The standard InChI is InChI=1S/C13H14N2O3/c1-8-10(7-14)9-5-12(16-2)13(17-3)6-11(9)15(8)18-4/h5-6H,1-4H3. The molecule has 1 aromatic carbocycles. The van der Waals surface area contributed by atoms with E-state index in [4.69, 9.17) is 14.3 Å². The van der Waals surface area contributed by atoms with Crippen LogP contribution in [-0.2, 0) is 0 Å². The highest BCUT2D eigenvalue weighted by Gasteiger charge is 2.17. The lowest BCUT2D eigenvalue weighted by molar-refractivity contribution is 0.173. The lowest BCUT2D eigenvalue weighted by Gasteiger charge is -2.09. The summed E-state index contributed by atoms with van der Waals surface area (Å²) < 4.78 is 12.1. The maximum absolute atomic E-state index is 9.22. The normalized spacial score (nSPS) is 10.2. The van der Waals surface area contributed by atoms with Crippen LogP contribution in [-0.4, -0.2) is 26.1 Å². The predicted molar refractivity (Wildman–Crippen MR) is 67.0 cm³/mol. The summed E-state index contributed by atoms with van der Waals surface area (Å²) in [6.07, 6.45) is 0. The van der Waals surface area contributed by atoms with Crippen molar-refractivity contribution in [1.29, 1.82) is 5.26 Å². The summed E-state index contributed by atoms with van der Waals surface area (Å²) in [5.74, 6) is 1.19. The number of hydrogen-bond donors (Lipinski definition) is 0. The van der Waals surface area contributed by atoms with E-state index in [1.165, 1.54) is 0 Å². The zero-order valence-corrected chi connectivity index (χ0v) is 10.8. The van der Waals surface area contributed by atoms with E-state index in [0.717, 1.165) is 16.6 Å². The molecule has 0 radical (unpaired) electrons. The number of aromatic nitrogens is 1. The number of nitriles is 1. The maximum Gasteiger partial charge on any atom is 0.162 e. The zero-order chi connectivity index (χ0) is 13.3. The van der Waals surface area contributed by atoms with Crippen LogP contribution in [0.5, 0.6) is 11.5 Å². The summed E-state index contributed by atoms with van der Waals surface area (Å²) in [4.78, 5) is 5.28. The molecule has 0 spiro atoms. The van der Waals surface area contributed by atoms with Gasteiger partial charge >= 0.3 is 0 Å². The van der Waals surface area contributed by atoms with Crippen LogP contribution >= 0.6 is 0 Å². The molecule has 2 rings (SSSR count). The first-order valence-corrected chi connectivity index (χ1v) is 5.39. The minimum atomic E-state index is 0.577. The molecule has 0 saturated heterocycles. The number of nitrogens with zero attached hydrogens (tertiary/aromatic N) is 2. The predicted octanol–water partition coefficient (Wildman–Crippen LogP) is 1.90. The molecule has 0 aliphatic carbocycles. The average molecular weight is 246 g/mol. The Morgan fingerprint density at radius 3 is 2.22 bits per heavy atom. The smallest absolute Gasteiger partial charge is 0.162 e. The summed E-state index contributed by atoms with van der Waals surface area (Å²) in [6.45, 7) is 1.83. The molecule has 5 heteroatoms. The van der Waals surface area contributed by atoms with Gasteiger partial charge in [-0.25, -0.2) is 0 Å². The lowest BCUT2D eigenvalue weighted by atomic mass is 10.1. The third-order valence-corrected chi connectivity index (χ3v) is 2.95. The van der Waals surface area contributed by atoms with Gasteiger partial charge in [0.2, 0.25) is 0 Å². The Balaban J connectivity index is 2.88. The highest BCUT2D eigenvalue weighted by atomic mass is 16.6. The van der Waals surface area contributed by atoms with Gasteiger partial charge in [-0.2, -0.15) is 9.99 Å². The van der Waals surface area contributed by atoms with E-state index < -0.39 is 0 Å². The Morgan fingerprint density at radius 1 is 1.11 bits per heavy atom. The van der Waals surface area contributed by atoms with Crippen LogP contribution in [0, 0.1) is 18.3 Å². The molecule has 94 valence electrons. The Labute approximate surface area is 105 Å². The molecule has 0 bridgehead atoms.